The summed E-state index contributed by atoms with van der Waals surface area (Å²) >= 11 is 0. The van der Waals surface area contributed by atoms with E-state index in [2.05, 4.69) is 60.8 Å². The smallest absolute Gasteiger partial charge is 0.149 e. The molecule has 2 rings (SSSR count). The quantitative estimate of drug-likeness (QED) is 0.904. The van der Waals surface area contributed by atoms with E-state index in [1.807, 2.05) is 14.0 Å². The maximum Gasteiger partial charge on any atom is 0.149 e. The molecule has 0 aliphatic rings. The highest BCUT2D eigenvalue weighted by Crippen LogP contribution is 2.24. The van der Waals surface area contributed by atoms with E-state index in [1.54, 1.807) is 6.92 Å². The summed E-state index contributed by atoms with van der Waals surface area (Å²) in [6, 6.07) is 16.9. The van der Waals surface area contributed by atoms with Gasteiger partial charge in [-0.3, -0.25) is 4.79 Å². The van der Waals surface area contributed by atoms with Crippen molar-refractivity contribution in [3.8, 4) is 11.1 Å². The largest absolute Gasteiger partial charge is 0.308 e. The van der Waals surface area contributed by atoms with Gasteiger partial charge in [0, 0.05) is 0 Å². The number of hydrogen-bond donors (Lipinski definition) is 1. The number of carbonyl (C=O) groups excluding carboxylic acids is 1. The van der Waals surface area contributed by atoms with Crippen molar-refractivity contribution < 1.29 is 4.79 Å². The fourth-order valence-electron chi connectivity index (χ4n) is 2.50. The Morgan fingerprint density at radius 2 is 1.71 bits per heavy atom. The summed E-state index contributed by atoms with van der Waals surface area (Å²) in [6.07, 6.45) is 0.701. The lowest BCUT2D eigenvalue weighted by Crippen LogP contribution is -2.48. The van der Waals surface area contributed by atoms with Gasteiger partial charge in [-0.1, -0.05) is 48.5 Å². The maximum atomic E-state index is 11.8. The monoisotopic (exact) mass is 281 g/mol. The molecule has 0 aliphatic heterocycles. The van der Waals surface area contributed by atoms with Crippen LogP contribution in [0.15, 0.2) is 48.5 Å². The van der Waals surface area contributed by atoms with Crippen LogP contribution in [0.4, 0.5) is 0 Å². The first kappa shape index (κ1) is 15.5. The van der Waals surface area contributed by atoms with Gasteiger partial charge in [-0.2, -0.15) is 0 Å². The summed E-state index contributed by atoms with van der Waals surface area (Å²) in [5, 5.41) is 3.13. The predicted octanol–water partition coefficient (Wildman–Crippen LogP) is 3.77. The average Bonchev–Trinajstić information content (AvgIpc) is 2.48. The summed E-state index contributed by atoms with van der Waals surface area (Å²) in [5.74, 6) is 0.160. The molecule has 0 saturated heterocycles. The van der Waals surface area contributed by atoms with Gasteiger partial charge in [0.15, 0.2) is 0 Å². The number of ketones is 1. The van der Waals surface area contributed by atoms with Crippen molar-refractivity contribution in [2.75, 3.05) is 7.05 Å². The first-order valence-electron chi connectivity index (χ1n) is 7.31. The minimum atomic E-state index is -0.496. The lowest BCUT2D eigenvalue weighted by molar-refractivity contribution is -0.122. The number of Topliss-reactive ketones (excluding diaryl/α,β-unsaturated/α-hetero) is 1. The minimum Gasteiger partial charge on any atom is -0.308 e. The number of aryl methyl sites for hydroxylation is 1. The van der Waals surface area contributed by atoms with Crippen molar-refractivity contribution in [1.29, 1.82) is 0 Å². The maximum absolute atomic E-state index is 11.8. The number of likely N-dealkylation sites (N-methyl/N-ethyl adjacent to an activating group) is 1. The van der Waals surface area contributed by atoms with Crippen LogP contribution in [0.2, 0.25) is 0 Å². The van der Waals surface area contributed by atoms with E-state index >= 15 is 0 Å². The van der Waals surface area contributed by atoms with Crippen molar-refractivity contribution in [2.24, 2.45) is 0 Å². The highest BCUT2D eigenvalue weighted by atomic mass is 16.1. The molecule has 2 heteroatoms. The van der Waals surface area contributed by atoms with Crippen molar-refractivity contribution in [1.82, 2.24) is 5.32 Å². The lowest BCUT2D eigenvalue weighted by atomic mass is 9.88. The molecule has 1 N–H and O–H groups in total. The van der Waals surface area contributed by atoms with Crippen molar-refractivity contribution in [3.63, 3.8) is 0 Å². The molecule has 1 atom stereocenters. The first-order valence-corrected chi connectivity index (χ1v) is 7.31. The zero-order chi connectivity index (χ0) is 15.5. The normalized spacial score (nSPS) is 13.7. The third-order valence-corrected chi connectivity index (χ3v) is 4.30. The highest BCUT2D eigenvalue weighted by molar-refractivity contribution is 5.86. The molecule has 2 aromatic rings. The van der Waals surface area contributed by atoms with Gasteiger partial charge < -0.3 is 5.32 Å². The van der Waals surface area contributed by atoms with Gasteiger partial charge in [0.05, 0.1) is 5.54 Å². The van der Waals surface area contributed by atoms with Gasteiger partial charge in [-0.25, -0.2) is 0 Å². The number of hydrogen-bond acceptors (Lipinski definition) is 2. The summed E-state index contributed by atoms with van der Waals surface area (Å²) in [6.45, 7) is 5.71. The van der Waals surface area contributed by atoms with Crippen LogP contribution < -0.4 is 5.32 Å². The van der Waals surface area contributed by atoms with Gasteiger partial charge in [0.2, 0.25) is 0 Å². The second-order valence-electron chi connectivity index (χ2n) is 5.83. The Kier molecular flexibility index (Phi) is 4.59. The predicted molar refractivity (Wildman–Crippen MR) is 88.5 cm³/mol. The van der Waals surface area contributed by atoms with Crippen molar-refractivity contribution in [2.45, 2.75) is 32.7 Å². The van der Waals surface area contributed by atoms with Crippen LogP contribution in [0.5, 0.6) is 0 Å². The topological polar surface area (TPSA) is 29.1 Å². The lowest BCUT2D eigenvalue weighted by Gasteiger charge is -2.26. The van der Waals surface area contributed by atoms with E-state index in [0.29, 0.717) is 6.42 Å². The fourth-order valence-corrected chi connectivity index (χ4v) is 2.50. The molecule has 0 fully saturated rings. The van der Waals surface area contributed by atoms with Crippen LogP contribution >= 0.6 is 0 Å². The summed E-state index contributed by atoms with van der Waals surface area (Å²) in [5.41, 5.74) is 4.41. The molecule has 2 nitrogen and oxygen atoms in total. The van der Waals surface area contributed by atoms with E-state index in [0.717, 1.165) is 0 Å². The molecular formula is C19H23NO. The molecule has 0 saturated carbocycles. The van der Waals surface area contributed by atoms with E-state index in [1.165, 1.54) is 22.3 Å². The Morgan fingerprint density at radius 1 is 1.10 bits per heavy atom. The summed E-state index contributed by atoms with van der Waals surface area (Å²) < 4.78 is 0. The Balaban J connectivity index is 2.24. The summed E-state index contributed by atoms with van der Waals surface area (Å²) in [4.78, 5) is 11.8. The van der Waals surface area contributed by atoms with Crippen LogP contribution in [-0.4, -0.2) is 18.4 Å². The van der Waals surface area contributed by atoms with E-state index < -0.39 is 5.54 Å². The van der Waals surface area contributed by atoms with Crippen LogP contribution in [0.3, 0.4) is 0 Å². The third kappa shape index (κ3) is 3.40. The van der Waals surface area contributed by atoms with Crippen LogP contribution in [0.1, 0.15) is 25.0 Å². The SMILES string of the molecule is CNC(C)(Cc1ccc(-c2ccccc2C)cc1)C(C)=O. The Morgan fingerprint density at radius 3 is 2.24 bits per heavy atom. The Labute approximate surface area is 127 Å². The molecule has 21 heavy (non-hydrogen) atoms. The average molecular weight is 281 g/mol. The van der Waals surface area contributed by atoms with Crippen LogP contribution in [0, 0.1) is 6.92 Å². The summed E-state index contributed by atoms with van der Waals surface area (Å²) in [7, 11) is 1.84. The van der Waals surface area contributed by atoms with Gasteiger partial charge in [-0.15, -0.1) is 0 Å². The number of benzene rings is 2. The Bertz CT molecular complexity index is 630. The molecular weight excluding hydrogens is 258 g/mol. The van der Waals surface area contributed by atoms with Gasteiger partial charge in [0.25, 0.3) is 0 Å². The van der Waals surface area contributed by atoms with Crippen molar-refractivity contribution in [3.05, 3.63) is 59.7 Å². The zero-order valence-electron chi connectivity index (χ0n) is 13.2. The van der Waals surface area contributed by atoms with E-state index in [-0.39, 0.29) is 5.78 Å². The van der Waals surface area contributed by atoms with Crippen LogP contribution in [-0.2, 0) is 11.2 Å². The molecule has 0 bridgehead atoms. The molecule has 0 spiro atoms. The first-order chi connectivity index (χ1) is 9.96. The van der Waals surface area contributed by atoms with Gasteiger partial charge >= 0.3 is 0 Å². The van der Waals surface area contributed by atoms with Gasteiger partial charge in [-0.05, 0) is 56.5 Å². The highest BCUT2D eigenvalue weighted by Gasteiger charge is 2.27. The van der Waals surface area contributed by atoms with E-state index in [9.17, 15) is 4.79 Å². The molecule has 0 radical (unpaired) electrons. The minimum absolute atomic E-state index is 0.160. The molecule has 110 valence electrons. The molecule has 0 aliphatic carbocycles. The zero-order valence-corrected chi connectivity index (χ0v) is 13.2. The molecule has 1 unspecified atom stereocenters. The Hall–Kier alpha value is -1.93. The number of rotatable bonds is 5. The second kappa shape index (κ2) is 6.23. The fraction of sp³-hybridized carbons (Fsp3) is 0.316. The van der Waals surface area contributed by atoms with Gasteiger partial charge in [0.1, 0.15) is 5.78 Å². The number of nitrogens with one attached hydrogen (secondary N) is 1. The molecule has 0 aromatic heterocycles. The van der Waals surface area contributed by atoms with E-state index in [4.69, 9.17) is 0 Å². The molecule has 0 heterocycles. The van der Waals surface area contributed by atoms with Crippen LogP contribution in [0.25, 0.3) is 11.1 Å². The number of carbonyl (C=O) groups is 1. The van der Waals surface area contributed by atoms with Crippen molar-refractivity contribution >= 4 is 5.78 Å². The second-order valence-corrected chi connectivity index (χ2v) is 5.83. The molecule has 0 amide bonds. The third-order valence-electron chi connectivity index (χ3n) is 4.30. The standard InChI is InChI=1S/C19H23NO/c1-14-7-5-6-8-18(14)17-11-9-16(10-12-17)13-19(3,20-4)15(2)21/h5-12,20H,13H2,1-4H3. The molecule has 2 aromatic carbocycles.